The molecule has 2 amide bonds. The fraction of sp³-hybridized carbons (Fsp3) is 0.240. The molecule has 0 bridgehead atoms. The highest BCUT2D eigenvalue weighted by atomic mass is 19.1. The normalized spacial score (nSPS) is 20.5. The lowest BCUT2D eigenvalue weighted by molar-refractivity contribution is -0.127. The number of nitrogens with one attached hydrogen (secondary N) is 1. The van der Waals surface area contributed by atoms with Crippen molar-refractivity contribution < 1.29 is 23.5 Å². The summed E-state index contributed by atoms with van der Waals surface area (Å²) < 4.78 is 24.1. The van der Waals surface area contributed by atoms with E-state index in [9.17, 15) is 14.0 Å². The number of para-hydroxylation sites is 1. The first kappa shape index (κ1) is 20.9. The van der Waals surface area contributed by atoms with Gasteiger partial charge in [-0.15, -0.1) is 0 Å². The SMILES string of the molecule is COc1ccc(NC(=O)CN2C(=O)[C@@]3(COc4ccc(F)cc4)C[C@H]3c3ccccc32)cn1. The number of hydrogen-bond acceptors (Lipinski definition) is 5. The Kier molecular flexibility index (Phi) is 5.20. The average Bonchev–Trinajstić information content (AvgIpc) is 3.58. The second kappa shape index (κ2) is 8.20. The minimum Gasteiger partial charge on any atom is -0.492 e. The van der Waals surface area contributed by atoms with Crippen molar-refractivity contribution in [1.29, 1.82) is 0 Å². The van der Waals surface area contributed by atoms with Crippen molar-refractivity contribution in [3.8, 4) is 11.6 Å². The molecule has 2 atom stereocenters. The van der Waals surface area contributed by atoms with E-state index in [1.165, 1.54) is 30.3 Å². The van der Waals surface area contributed by atoms with Crippen LogP contribution >= 0.6 is 0 Å². The molecule has 0 unspecified atom stereocenters. The third-order valence-electron chi connectivity index (χ3n) is 6.19. The number of methoxy groups -OCH3 is 1. The Morgan fingerprint density at radius 1 is 1.18 bits per heavy atom. The van der Waals surface area contributed by atoms with Crippen LogP contribution in [0.5, 0.6) is 11.6 Å². The number of carbonyl (C=O) groups excluding carboxylic acids is 2. The van der Waals surface area contributed by atoms with E-state index in [1.807, 2.05) is 24.3 Å². The predicted molar refractivity (Wildman–Crippen MR) is 120 cm³/mol. The number of pyridine rings is 1. The standard InChI is InChI=1S/C25H22FN3O4/c1-32-23-11-8-17(13-27-23)28-22(30)14-29-21-5-3-2-4-19(21)20-12-25(20,24(29)31)15-33-18-9-6-16(26)7-10-18/h2-11,13,20H,12,14-15H2,1H3,(H,28,30)/t20-,25+/m0/s1. The van der Waals surface area contributed by atoms with Crippen LogP contribution in [0, 0.1) is 11.2 Å². The molecule has 2 aliphatic rings. The summed E-state index contributed by atoms with van der Waals surface area (Å²) in [7, 11) is 1.51. The molecule has 0 radical (unpaired) electrons. The molecule has 0 spiro atoms. The first-order valence-electron chi connectivity index (χ1n) is 10.6. The third-order valence-corrected chi connectivity index (χ3v) is 6.19. The smallest absolute Gasteiger partial charge is 0.244 e. The van der Waals surface area contributed by atoms with Crippen LogP contribution in [0.3, 0.4) is 0 Å². The summed E-state index contributed by atoms with van der Waals surface area (Å²) in [6, 6.07) is 16.7. The van der Waals surface area contributed by atoms with E-state index in [0.717, 1.165) is 11.3 Å². The van der Waals surface area contributed by atoms with Crippen LogP contribution in [0.15, 0.2) is 66.9 Å². The molecule has 7 nitrogen and oxygen atoms in total. The van der Waals surface area contributed by atoms with Crippen molar-refractivity contribution in [3.05, 3.63) is 78.2 Å². The van der Waals surface area contributed by atoms with Gasteiger partial charge >= 0.3 is 0 Å². The minimum absolute atomic E-state index is 0.0340. The van der Waals surface area contributed by atoms with Crippen LogP contribution in [-0.4, -0.2) is 37.1 Å². The number of aromatic nitrogens is 1. The van der Waals surface area contributed by atoms with Crippen molar-refractivity contribution in [1.82, 2.24) is 4.98 Å². The number of halogens is 1. The van der Waals surface area contributed by atoms with E-state index in [0.29, 0.717) is 23.7 Å². The molecule has 2 heterocycles. The van der Waals surface area contributed by atoms with E-state index in [2.05, 4.69) is 10.3 Å². The summed E-state index contributed by atoms with van der Waals surface area (Å²) in [5.41, 5.74) is 1.55. The highest BCUT2D eigenvalue weighted by molar-refractivity contribution is 6.09. The van der Waals surface area contributed by atoms with Crippen LogP contribution in [0.4, 0.5) is 15.8 Å². The van der Waals surface area contributed by atoms with Gasteiger partial charge in [-0.25, -0.2) is 9.37 Å². The second-order valence-corrected chi connectivity index (χ2v) is 8.24. The summed E-state index contributed by atoms with van der Waals surface area (Å²) >= 11 is 0. The van der Waals surface area contributed by atoms with E-state index >= 15 is 0 Å². The zero-order valence-electron chi connectivity index (χ0n) is 18.0. The Morgan fingerprint density at radius 3 is 2.70 bits per heavy atom. The van der Waals surface area contributed by atoms with Gasteiger partial charge in [0, 0.05) is 17.7 Å². The number of hydrogen-bond donors (Lipinski definition) is 1. The molecule has 168 valence electrons. The summed E-state index contributed by atoms with van der Waals surface area (Å²) in [5, 5.41) is 2.78. The summed E-state index contributed by atoms with van der Waals surface area (Å²) in [5.74, 6) is 0.147. The van der Waals surface area contributed by atoms with Gasteiger partial charge < -0.3 is 19.7 Å². The molecule has 2 aromatic carbocycles. The van der Waals surface area contributed by atoms with Crippen molar-refractivity contribution >= 4 is 23.2 Å². The number of rotatable bonds is 7. The maximum atomic E-state index is 13.6. The number of nitrogens with zero attached hydrogens (tertiary/aromatic N) is 2. The van der Waals surface area contributed by atoms with Crippen LogP contribution < -0.4 is 19.7 Å². The summed E-state index contributed by atoms with van der Waals surface area (Å²) in [4.78, 5) is 32.0. The van der Waals surface area contributed by atoms with Gasteiger partial charge in [0.2, 0.25) is 17.7 Å². The maximum absolute atomic E-state index is 13.6. The minimum atomic E-state index is -0.731. The second-order valence-electron chi connectivity index (χ2n) is 8.24. The molecule has 33 heavy (non-hydrogen) atoms. The van der Waals surface area contributed by atoms with E-state index in [-0.39, 0.29) is 36.7 Å². The Balaban J connectivity index is 1.34. The summed E-state index contributed by atoms with van der Waals surface area (Å²) in [6.45, 7) is 0.0316. The van der Waals surface area contributed by atoms with Gasteiger partial charge in [0.1, 0.15) is 24.7 Å². The van der Waals surface area contributed by atoms with Gasteiger partial charge in [-0.3, -0.25) is 9.59 Å². The molecule has 1 aliphatic carbocycles. The molecule has 1 saturated carbocycles. The highest BCUT2D eigenvalue weighted by Gasteiger charge is 2.66. The Bertz CT molecular complexity index is 1200. The van der Waals surface area contributed by atoms with E-state index in [4.69, 9.17) is 9.47 Å². The third kappa shape index (κ3) is 3.88. The van der Waals surface area contributed by atoms with Gasteiger partial charge in [-0.2, -0.15) is 0 Å². The first-order valence-corrected chi connectivity index (χ1v) is 10.6. The van der Waals surface area contributed by atoms with Gasteiger partial charge in [0.15, 0.2) is 0 Å². The number of anilines is 2. The first-order chi connectivity index (χ1) is 16.0. The Labute approximate surface area is 190 Å². The maximum Gasteiger partial charge on any atom is 0.244 e. The molecule has 8 heteroatoms. The van der Waals surface area contributed by atoms with Crippen molar-refractivity contribution in [2.75, 3.05) is 30.5 Å². The largest absolute Gasteiger partial charge is 0.492 e. The average molecular weight is 447 g/mol. The zero-order chi connectivity index (χ0) is 23.0. The topological polar surface area (TPSA) is 80.8 Å². The van der Waals surface area contributed by atoms with Crippen LogP contribution in [0.1, 0.15) is 17.9 Å². The number of amides is 2. The number of benzene rings is 2. The Hall–Kier alpha value is -3.94. The van der Waals surface area contributed by atoms with Crippen LogP contribution in [-0.2, 0) is 9.59 Å². The molecule has 1 fully saturated rings. The molecule has 5 rings (SSSR count). The van der Waals surface area contributed by atoms with E-state index < -0.39 is 5.41 Å². The zero-order valence-corrected chi connectivity index (χ0v) is 18.0. The predicted octanol–water partition coefficient (Wildman–Crippen LogP) is 3.77. The quantitative estimate of drug-likeness (QED) is 0.597. The lowest BCUT2D eigenvalue weighted by atomic mass is 9.92. The lowest BCUT2D eigenvalue weighted by Gasteiger charge is -2.33. The highest BCUT2D eigenvalue weighted by Crippen LogP contribution is 2.65. The molecular formula is C25H22FN3O4. The fourth-order valence-corrected chi connectivity index (χ4v) is 4.40. The molecule has 1 aromatic heterocycles. The monoisotopic (exact) mass is 447 g/mol. The number of carbonyl (C=O) groups is 2. The lowest BCUT2D eigenvalue weighted by Crippen LogP contribution is -2.47. The van der Waals surface area contributed by atoms with E-state index in [1.54, 1.807) is 24.3 Å². The molecular weight excluding hydrogens is 425 g/mol. The van der Waals surface area contributed by atoms with Gasteiger partial charge in [0.05, 0.1) is 24.4 Å². The van der Waals surface area contributed by atoms with Crippen molar-refractivity contribution in [2.45, 2.75) is 12.3 Å². The molecule has 1 aliphatic heterocycles. The van der Waals surface area contributed by atoms with Gasteiger partial charge in [-0.05, 0) is 48.4 Å². The summed E-state index contributed by atoms with van der Waals surface area (Å²) in [6.07, 6.45) is 2.14. The number of fused-ring (bicyclic) bond motifs is 3. The van der Waals surface area contributed by atoms with Crippen molar-refractivity contribution in [3.63, 3.8) is 0 Å². The fourth-order valence-electron chi connectivity index (χ4n) is 4.40. The van der Waals surface area contributed by atoms with Gasteiger partial charge in [0.25, 0.3) is 0 Å². The van der Waals surface area contributed by atoms with Crippen LogP contribution in [0.25, 0.3) is 0 Å². The van der Waals surface area contributed by atoms with Gasteiger partial charge in [-0.1, -0.05) is 18.2 Å². The van der Waals surface area contributed by atoms with Crippen molar-refractivity contribution in [2.24, 2.45) is 5.41 Å². The molecule has 0 saturated heterocycles. The molecule has 3 aromatic rings. The van der Waals surface area contributed by atoms with Crippen LogP contribution in [0.2, 0.25) is 0 Å². The number of ether oxygens (including phenoxy) is 2. The Morgan fingerprint density at radius 2 is 1.97 bits per heavy atom. The molecule has 1 N–H and O–H groups in total.